The van der Waals surface area contributed by atoms with Crippen molar-refractivity contribution in [3.8, 4) is 0 Å². The lowest BCUT2D eigenvalue weighted by Crippen LogP contribution is -2.43. The Morgan fingerprint density at radius 2 is 2.04 bits per heavy atom. The van der Waals surface area contributed by atoms with Crippen LogP contribution in [-0.4, -0.2) is 89.8 Å². The van der Waals surface area contributed by atoms with Crippen molar-refractivity contribution >= 4 is 29.9 Å². The molecule has 154 valence electrons. The lowest BCUT2D eigenvalue weighted by atomic mass is 10.0. The fourth-order valence-electron chi connectivity index (χ4n) is 3.06. The lowest BCUT2D eigenvalue weighted by molar-refractivity contribution is -0.0136. The first kappa shape index (κ1) is 23.9. The van der Waals surface area contributed by atoms with Crippen LogP contribution < -0.4 is 10.6 Å². The molecule has 2 aliphatic rings. The molecule has 0 aromatic carbocycles. The first-order valence-electron chi connectivity index (χ1n) is 9.75. The summed E-state index contributed by atoms with van der Waals surface area (Å²) in [5, 5.41) is 6.67. The van der Waals surface area contributed by atoms with Crippen molar-refractivity contribution in [3.05, 3.63) is 0 Å². The highest BCUT2D eigenvalue weighted by Gasteiger charge is 2.17. The highest BCUT2D eigenvalue weighted by molar-refractivity contribution is 14.0. The molecular weight excluding hydrogens is 447 g/mol. The van der Waals surface area contributed by atoms with E-state index in [1.165, 1.54) is 0 Å². The Kier molecular flexibility index (Phi) is 13.6. The van der Waals surface area contributed by atoms with Crippen LogP contribution in [0.5, 0.6) is 0 Å². The summed E-state index contributed by atoms with van der Waals surface area (Å²) in [7, 11) is 2.13. The third-order valence-corrected chi connectivity index (χ3v) is 4.59. The summed E-state index contributed by atoms with van der Waals surface area (Å²) in [6, 6.07) is 0. The summed E-state index contributed by atoms with van der Waals surface area (Å²) in [5.41, 5.74) is 0. The van der Waals surface area contributed by atoms with Crippen LogP contribution in [0.3, 0.4) is 0 Å². The number of rotatable bonds is 9. The number of hydrogen-bond acceptors (Lipinski definition) is 5. The maximum Gasteiger partial charge on any atom is 0.191 e. The molecule has 2 saturated heterocycles. The average molecular weight is 484 g/mol. The molecule has 1 unspecified atom stereocenters. The Hall–Kier alpha value is -0.160. The minimum absolute atomic E-state index is 0. The first-order valence-corrected chi connectivity index (χ1v) is 9.75. The normalized spacial score (nSPS) is 22.7. The monoisotopic (exact) mass is 484 g/mol. The second-order valence-electron chi connectivity index (χ2n) is 6.89. The van der Waals surface area contributed by atoms with Gasteiger partial charge in [0, 0.05) is 52.6 Å². The molecule has 26 heavy (non-hydrogen) atoms. The molecule has 2 rings (SSSR count). The molecule has 0 saturated carbocycles. The van der Waals surface area contributed by atoms with Gasteiger partial charge >= 0.3 is 0 Å². The van der Waals surface area contributed by atoms with Crippen LogP contribution in [0.25, 0.3) is 0 Å². The van der Waals surface area contributed by atoms with Gasteiger partial charge in [-0.3, -0.25) is 4.99 Å². The molecule has 0 aromatic heterocycles. The molecule has 0 radical (unpaired) electrons. The van der Waals surface area contributed by atoms with E-state index in [1.807, 2.05) is 0 Å². The number of halogens is 1. The fraction of sp³-hybridized carbons (Fsp3) is 0.944. The van der Waals surface area contributed by atoms with Crippen LogP contribution in [0.4, 0.5) is 0 Å². The van der Waals surface area contributed by atoms with Crippen molar-refractivity contribution in [3.63, 3.8) is 0 Å². The van der Waals surface area contributed by atoms with E-state index in [9.17, 15) is 0 Å². The minimum Gasteiger partial charge on any atom is -0.381 e. The number of aliphatic imine (C=N–C) groups is 1. The Morgan fingerprint density at radius 1 is 1.23 bits per heavy atom. The van der Waals surface area contributed by atoms with Crippen molar-refractivity contribution in [2.45, 2.75) is 32.3 Å². The van der Waals surface area contributed by atoms with Crippen LogP contribution in [-0.2, 0) is 14.2 Å². The lowest BCUT2D eigenvalue weighted by Gasteiger charge is -2.29. The predicted molar refractivity (Wildman–Crippen MR) is 116 cm³/mol. The Balaban J connectivity index is 0.00000338. The summed E-state index contributed by atoms with van der Waals surface area (Å²) in [5.74, 6) is 1.54. The van der Waals surface area contributed by atoms with E-state index < -0.39 is 0 Å². The third kappa shape index (κ3) is 10.2. The van der Waals surface area contributed by atoms with Crippen LogP contribution >= 0.6 is 24.0 Å². The fourth-order valence-corrected chi connectivity index (χ4v) is 3.06. The predicted octanol–water partition coefficient (Wildman–Crippen LogP) is 1.32. The number of nitrogens with one attached hydrogen (secondary N) is 2. The molecule has 0 amide bonds. The van der Waals surface area contributed by atoms with E-state index in [2.05, 4.69) is 34.5 Å². The van der Waals surface area contributed by atoms with E-state index in [-0.39, 0.29) is 30.1 Å². The molecule has 0 spiro atoms. The largest absolute Gasteiger partial charge is 0.381 e. The molecule has 2 N–H and O–H groups in total. The van der Waals surface area contributed by atoms with Gasteiger partial charge in [0.05, 0.1) is 19.3 Å². The van der Waals surface area contributed by atoms with Gasteiger partial charge < -0.3 is 29.7 Å². The number of morpholine rings is 1. The van der Waals surface area contributed by atoms with Gasteiger partial charge in [0.25, 0.3) is 0 Å². The van der Waals surface area contributed by atoms with Crippen molar-refractivity contribution in [1.82, 2.24) is 15.5 Å². The van der Waals surface area contributed by atoms with E-state index in [4.69, 9.17) is 14.2 Å². The molecule has 2 heterocycles. The van der Waals surface area contributed by atoms with Gasteiger partial charge in [-0.2, -0.15) is 0 Å². The summed E-state index contributed by atoms with van der Waals surface area (Å²) in [6.07, 6.45) is 3.44. The standard InChI is InChI=1S/C18H36N4O3.HI/c1-3-19-18(21-13-17-14-22(2)8-12-25-17)20-7-4-9-24-15-16-5-10-23-11-6-16;/h16-17H,3-15H2,1-2H3,(H2,19,20,21);1H. The topological polar surface area (TPSA) is 67.4 Å². The average Bonchev–Trinajstić information content (AvgIpc) is 2.63. The van der Waals surface area contributed by atoms with Gasteiger partial charge in [-0.25, -0.2) is 0 Å². The Morgan fingerprint density at radius 3 is 2.77 bits per heavy atom. The Labute approximate surface area is 175 Å². The number of likely N-dealkylation sites (N-methyl/N-ethyl adjacent to an activating group) is 1. The molecule has 0 aromatic rings. The summed E-state index contributed by atoms with van der Waals surface area (Å²) < 4.78 is 16.9. The highest BCUT2D eigenvalue weighted by Crippen LogP contribution is 2.14. The van der Waals surface area contributed by atoms with Crippen molar-refractivity contribution in [1.29, 1.82) is 0 Å². The molecule has 2 aliphatic heterocycles. The molecule has 1 atom stereocenters. The van der Waals surface area contributed by atoms with Gasteiger partial charge in [0.2, 0.25) is 0 Å². The summed E-state index contributed by atoms with van der Waals surface area (Å²) in [6.45, 7) is 10.7. The number of ether oxygens (including phenoxy) is 3. The Bertz CT molecular complexity index is 381. The third-order valence-electron chi connectivity index (χ3n) is 4.59. The second-order valence-corrected chi connectivity index (χ2v) is 6.89. The summed E-state index contributed by atoms with van der Waals surface area (Å²) >= 11 is 0. The molecule has 7 nitrogen and oxygen atoms in total. The molecule has 0 bridgehead atoms. The van der Waals surface area contributed by atoms with Crippen molar-refractivity contribution < 1.29 is 14.2 Å². The zero-order valence-electron chi connectivity index (χ0n) is 16.4. The molecule has 0 aliphatic carbocycles. The van der Waals surface area contributed by atoms with Crippen LogP contribution in [0.2, 0.25) is 0 Å². The van der Waals surface area contributed by atoms with Gasteiger partial charge in [-0.1, -0.05) is 0 Å². The smallest absolute Gasteiger partial charge is 0.191 e. The van der Waals surface area contributed by atoms with E-state index in [0.29, 0.717) is 12.5 Å². The van der Waals surface area contributed by atoms with Crippen LogP contribution in [0, 0.1) is 5.92 Å². The number of guanidine groups is 1. The zero-order chi connectivity index (χ0) is 17.7. The van der Waals surface area contributed by atoms with E-state index in [1.54, 1.807) is 0 Å². The highest BCUT2D eigenvalue weighted by atomic mass is 127. The van der Waals surface area contributed by atoms with Crippen LogP contribution in [0.15, 0.2) is 4.99 Å². The zero-order valence-corrected chi connectivity index (χ0v) is 18.7. The van der Waals surface area contributed by atoms with Gasteiger partial charge in [0.1, 0.15) is 0 Å². The quantitative estimate of drug-likeness (QED) is 0.223. The minimum atomic E-state index is 0. The van der Waals surface area contributed by atoms with Crippen LogP contribution in [0.1, 0.15) is 26.2 Å². The van der Waals surface area contributed by atoms with E-state index in [0.717, 1.165) is 84.4 Å². The molecule has 8 heteroatoms. The van der Waals surface area contributed by atoms with E-state index >= 15 is 0 Å². The number of nitrogens with zero attached hydrogens (tertiary/aromatic N) is 2. The summed E-state index contributed by atoms with van der Waals surface area (Å²) in [4.78, 5) is 6.94. The first-order chi connectivity index (χ1) is 12.3. The maximum atomic E-state index is 5.80. The number of hydrogen-bond donors (Lipinski definition) is 2. The van der Waals surface area contributed by atoms with Gasteiger partial charge in [0.15, 0.2) is 5.96 Å². The van der Waals surface area contributed by atoms with Gasteiger partial charge in [-0.05, 0) is 39.2 Å². The molecular formula is C18H37IN4O3. The van der Waals surface area contributed by atoms with Crippen molar-refractivity contribution in [2.24, 2.45) is 10.9 Å². The second kappa shape index (κ2) is 14.8. The van der Waals surface area contributed by atoms with Crippen molar-refractivity contribution in [2.75, 3.05) is 72.8 Å². The van der Waals surface area contributed by atoms with Gasteiger partial charge in [-0.15, -0.1) is 24.0 Å². The maximum absolute atomic E-state index is 5.80. The SMILES string of the molecule is CCNC(=NCC1CN(C)CCO1)NCCCOCC1CCOCC1.I. The molecule has 2 fully saturated rings.